The summed E-state index contributed by atoms with van der Waals surface area (Å²) in [5, 5.41) is 105. The number of ether oxygens (including phenoxy) is 1. The molecule has 2 aromatic rings. The van der Waals surface area contributed by atoms with Crippen LogP contribution in [0.25, 0.3) is 0 Å². The van der Waals surface area contributed by atoms with E-state index in [-0.39, 0.29) is 128 Å². The number of aromatic hydroxyl groups is 1. The number of rotatable bonds is 7. The highest BCUT2D eigenvalue weighted by Gasteiger charge is 2.80. The number of phenols is 1. The van der Waals surface area contributed by atoms with Crippen LogP contribution < -0.4 is 16.8 Å². The molecule has 478 valence electrons. The third-order valence-corrected chi connectivity index (χ3v) is 27.9. The molecule has 1 aromatic carbocycles. The van der Waals surface area contributed by atoms with Crippen molar-refractivity contribution in [2.45, 2.75) is 171 Å². The number of aliphatic imine (C=N–C) groups is 1. The van der Waals surface area contributed by atoms with Gasteiger partial charge in [0.2, 0.25) is 0 Å². The number of H-pyrrole nitrogens is 1. The summed E-state index contributed by atoms with van der Waals surface area (Å²) < 4.78 is 5.98. The number of nitrogens with zero attached hydrogens (tertiary/aromatic N) is 1. The number of carbonyl (C=O) groups is 3. The van der Waals surface area contributed by atoms with Crippen molar-refractivity contribution in [1.29, 1.82) is 0 Å². The van der Waals surface area contributed by atoms with Crippen LogP contribution in [0.2, 0.25) is 0 Å². The highest BCUT2D eigenvalue weighted by Crippen LogP contribution is 2.79. The Morgan fingerprint density at radius 1 is 0.875 bits per heavy atom. The number of aromatic nitrogens is 1. The van der Waals surface area contributed by atoms with Gasteiger partial charge < -0.3 is 67.4 Å². The third-order valence-electron chi connectivity index (χ3n) is 25.4. The van der Waals surface area contributed by atoms with Gasteiger partial charge in [0.1, 0.15) is 5.75 Å². The number of aliphatic hydroxyl groups excluding tert-OH is 4. The largest absolute Gasteiger partial charge is 0.508 e. The summed E-state index contributed by atoms with van der Waals surface area (Å²) >= 11 is 0. The summed E-state index contributed by atoms with van der Waals surface area (Å²) in [5.41, 5.74) is 9.81. The molecule has 11 aliphatic rings. The Morgan fingerprint density at radius 3 is 2.39 bits per heavy atom. The maximum atomic E-state index is 16.8. The van der Waals surface area contributed by atoms with Crippen molar-refractivity contribution >= 4 is 45.1 Å². The second-order valence-corrected chi connectivity index (χ2v) is 32.1. The van der Waals surface area contributed by atoms with Crippen molar-refractivity contribution in [3.63, 3.8) is 0 Å². The Morgan fingerprint density at radius 2 is 1.65 bits per heavy atom. The molecule has 2 aliphatic heterocycles. The lowest BCUT2D eigenvalue weighted by atomic mass is 9.35. The molecule has 0 amide bonds. The molecule has 23 atom stereocenters. The fourth-order valence-electron chi connectivity index (χ4n) is 21.9. The van der Waals surface area contributed by atoms with Gasteiger partial charge in [0.15, 0.2) is 23.8 Å². The maximum Gasteiger partial charge on any atom is 0.313 e. The zero-order chi connectivity index (χ0) is 61.8. The summed E-state index contributed by atoms with van der Waals surface area (Å²) in [6.45, 7) is 3.86. The van der Waals surface area contributed by atoms with Crippen molar-refractivity contribution in [3.05, 3.63) is 76.8 Å². The van der Waals surface area contributed by atoms with E-state index >= 15 is 9.90 Å². The number of nitrogens with one attached hydrogen (secondary N) is 2. The molecular formula is C69H93N5O12S2. The summed E-state index contributed by atoms with van der Waals surface area (Å²) in [7, 11) is 3.12. The zero-order valence-electron chi connectivity index (χ0n) is 50.9. The minimum atomic E-state index is -2.06. The van der Waals surface area contributed by atoms with Crippen LogP contribution in [0.4, 0.5) is 0 Å². The van der Waals surface area contributed by atoms with E-state index < -0.39 is 99.9 Å². The van der Waals surface area contributed by atoms with Gasteiger partial charge in [0.05, 0.1) is 54.3 Å². The molecule has 3 heterocycles. The average molecular weight is 1250 g/mol. The number of guanidine groups is 1. The molecule has 13 rings (SSSR count). The van der Waals surface area contributed by atoms with E-state index in [0.717, 1.165) is 56.1 Å². The number of allylic oxidation sites excluding steroid dienone is 3. The molecule has 4 bridgehead atoms. The Kier molecular flexibility index (Phi) is 17.2. The van der Waals surface area contributed by atoms with Gasteiger partial charge in [-0.25, -0.2) is 0 Å². The van der Waals surface area contributed by atoms with Gasteiger partial charge in [0.25, 0.3) is 0 Å². The second kappa shape index (κ2) is 24.3. The first-order valence-electron chi connectivity index (χ1n) is 33.1. The Labute approximate surface area is 525 Å². The quantitative estimate of drug-likeness (QED) is 0.0265. The Bertz CT molecular complexity index is 3120. The number of nitrogens with two attached hydrogens (primary N) is 2. The fourth-order valence-corrected chi connectivity index (χ4v) is 24.7. The van der Waals surface area contributed by atoms with Crippen LogP contribution in [-0.4, -0.2) is 136 Å². The molecule has 8 fully saturated rings. The van der Waals surface area contributed by atoms with E-state index in [2.05, 4.69) is 35.1 Å². The smallest absolute Gasteiger partial charge is 0.313 e. The first kappa shape index (κ1) is 62.4. The number of cyclic esters (lactones) is 1. The fraction of sp³-hybridized carbons (Fsp3) is 0.710. The molecule has 9 aliphatic carbocycles. The first-order valence-corrected chi connectivity index (χ1v) is 35.6. The van der Waals surface area contributed by atoms with E-state index in [0.29, 0.717) is 55.1 Å². The molecule has 0 radical (unpaired) electrons. The number of carbonyl (C=O) groups excluding carboxylic acids is 3. The number of hydrogen-bond donors (Lipinski definition) is 12. The molecule has 23 unspecified atom stereocenters. The van der Waals surface area contributed by atoms with Crippen molar-refractivity contribution in [1.82, 2.24) is 10.3 Å². The molecular weight excluding hydrogens is 1150 g/mol. The summed E-state index contributed by atoms with van der Waals surface area (Å²) in [6.07, 6.45) is 9.06. The molecule has 17 nitrogen and oxygen atoms in total. The van der Waals surface area contributed by atoms with E-state index in [4.69, 9.17) is 21.2 Å². The minimum Gasteiger partial charge on any atom is -0.508 e. The predicted octanol–water partition coefficient (Wildman–Crippen LogP) is 6.59. The van der Waals surface area contributed by atoms with Crippen molar-refractivity contribution in [3.8, 4) is 17.6 Å². The molecule has 19 heteroatoms. The summed E-state index contributed by atoms with van der Waals surface area (Å²) in [4.78, 5) is 53.4. The number of esters is 1. The monoisotopic (exact) mass is 1250 g/mol. The molecule has 1 aromatic heterocycles. The lowest BCUT2D eigenvalue weighted by Crippen LogP contribution is -2.73. The maximum absolute atomic E-state index is 16.8. The SMILES string of the molecule is CC1CCC2=CCC3C(C(O)O)CC(O)C(C)(O)C4C(CC#CC(C5COC(=O)C5c5cc[nH]c5)CC3C2C1)CC1(O)C2=C3NCC(=O)CC(c5ccc(O)cc5)CSSCC5C(O)C(O)CC(C6CCCC6)(C2C2CCC(CN=C(N)N)C41C2)C5C3=O. The van der Waals surface area contributed by atoms with Gasteiger partial charge in [-0.05, 0) is 184 Å². The van der Waals surface area contributed by atoms with Gasteiger partial charge in [-0.3, -0.25) is 19.4 Å². The number of ketones is 2. The Balaban J connectivity index is 1.01. The highest BCUT2D eigenvalue weighted by atomic mass is 33.1. The van der Waals surface area contributed by atoms with Gasteiger partial charge in [-0.1, -0.05) is 71.1 Å². The second-order valence-electron chi connectivity index (χ2n) is 29.6. The number of phenolic OH excluding ortho intramolecular Hbond substituents is 1. The van der Waals surface area contributed by atoms with Gasteiger partial charge in [-0.2, -0.15) is 0 Å². The minimum absolute atomic E-state index is 0.0137. The zero-order valence-corrected chi connectivity index (χ0v) is 52.6. The number of aliphatic hydroxyl groups is 7. The van der Waals surface area contributed by atoms with Gasteiger partial charge in [-0.15, -0.1) is 5.92 Å². The van der Waals surface area contributed by atoms with E-state index in [1.807, 2.05) is 24.4 Å². The van der Waals surface area contributed by atoms with E-state index in [9.17, 15) is 45.3 Å². The molecule has 88 heavy (non-hydrogen) atoms. The highest BCUT2D eigenvalue weighted by molar-refractivity contribution is 8.76. The van der Waals surface area contributed by atoms with E-state index in [1.54, 1.807) is 46.8 Å². The van der Waals surface area contributed by atoms with Crippen molar-refractivity contribution in [2.75, 3.05) is 31.2 Å². The topological polar surface area (TPSA) is 314 Å². The van der Waals surface area contributed by atoms with Gasteiger partial charge in [0, 0.05) is 90.1 Å². The van der Waals surface area contributed by atoms with Crippen LogP contribution in [0.1, 0.15) is 146 Å². The summed E-state index contributed by atoms with van der Waals surface area (Å²) in [6, 6.07) is 8.77. The average Bonchev–Trinajstić information content (AvgIpc) is 1.28. The normalized spacial score (nSPS) is 44.6. The van der Waals surface area contributed by atoms with Crippen LogP contribution in [0, 0.1) is 111 Å². The number of benzene rings is 1. The summed E-state index contributed by atoms with van der Waals surface area (Å²) in [5.74, 6) is 0.492. The van der Waals surface area contributed by atoms with Crippen molar-refractivity contribution in [2.24, 2.45) is 116 Å². The molecule has 6 saturated carbocycles. The van der Waals surface area contributed by atoms with Gasteiger partial charge >= 0.3 is 5.97 Å². The first-order chi connectivity index (χ1) is 42.2. The number of fused-ring (bicyclic) bond motifs is 10. The molecule has 2 saturated heterocycles. The van der Waals surface area contributed by atoms with Crippen LogP contribution >= 0.6 is 21.6 Å². The van der Waals surface area contributed by atoms with Crippen LogP contribution in [0.3, 0.4) is 0 Å². The lowest BCUT2D eigenvalue weighted by Gasteiger charge is -2.70. The standard InChI is InChI=1S/C69H93N5O12S2/c1-35-10-11-37-15-19-47-49(48(37)22-35)24-38(51-32-86-64(83)55(51)41-20-21-72-29-41)6-5-7-40-27-69(85)58-56(39-12-16-44(30-74-65(70)71)68(69,26-39)62(40)66(2,84)54(78)25-50(47)63(81)82)67(43-8-3-4-9-43)28-53(77)60(79)52-34-88-87-33-42(36-13-17-45(75)18-14-36)23-46(76)31-73-59(58)61(80)57(52)67/h13-15,17-18,20-21,29,35,38-40,42-44,47-57,60,62-63,72-73,75,77-79,81-82,84-85H,3-4,7-12,16,19,22-28,30-34H2,1-2H3,(H4,70,71,74). The van der Waals surface area contributed by atoms with E-state index in [1.165, 1.54) is 5.57 Å². The van der Waals surface area contributed by atoms with Crippen LogP contribution in [0.5, 0.6) is 5.75 Å². The molecule has 14 N–H and O–H groups in total. The van der Waals surface area contributed by atoms with Crippen LogP contribution in [-0.2, 0) is 19.1 Å². The van der Waals surface area contributed by atoms with Crippen molar-refractivity contribution < 1.29 is 60.0 Å². The predicted molar refractivity (Wildman–Crippen MR) is 335 cm³/mol. The number of hydrogen-bond acceptors (Lipinski definition) is 16. The molecule has 1 spiro atoms. The van der Waals surface area contributed by atoms with Crippen LogP contribution in [0.15, 0.2) is 70.6 Å². The number of Topliss-reactive ketones (excluding diaryl/α,β-unsaturated/α-hetero) is 2. The third kappa shape index (κ3) is 10.3. The lowest BCUT2D eigenvalue weighted by molar-refractivity contribution is -0.239. The number of aromatic amines is 1. The Hall–Kier alpha value is -4.36.